The lowest BCUT2D eigenvalue weighted by molar-refractivity contribution is 0.129. The van der Waals surface area contributed by atoms with Crippen molar-refractivity contribution < 1.29 is 0 Å². The van der Waals surface area contributed by atoms with Crippen molar-refractivity contribution in [2.75, 3.05) is 24.6 Å². The van der Waals surface area contributed by atoms with Gasteiger partial charge in [0.05, 0.1) is 11.4 Å². The summed E-state index contributed by atoms with van der Waals surface area (Å²) in [5.74, 6) is 0.355. The van der Waals surface area contributed by atoms with Crippen LogP contribution in [0.1, 0.15) is 97.0 Å². The van der Waals surface area contributed by atoms with Gasteiger partial charge in [0.15, 0.2) is 0 Å². The van der Waals surface area contributed by atoms with E-state index in [1.54, 1.807) is 11.1 Å². The van der Waals surface area contributed by atoms with Crippen molar-refractivity contribution in [3.8, 4) is 0 Å². The molecule has 0 saturated heterocycles. The highest BCUT2D eigenvalue weighted by Crippen LogP contribution is 2.43. The Labute approximate surface area is 224 Å². The van der Waals surface area contributed by atoms with Crippen molar-refractivity contribution in [2.24, 2.45) is 5.41 Å². The highest BCUT2D eigenvalue weighted by Gasteiger charge is 2.35. The zero-order chi connectivity index (χ0) is 26.3. The molecule has 2 unspecified atom stereocenters. The van der Waals surface area contributed by atoms with E-state index in [-0.39, 0.29) is 5.41 Å². The maximum Gasteiger partial charge on any atom is 0.0582 e. The third-order valence-corrected chi connectivity index (χ3v) is 9.02. The molecule has 0 spiro atoms. The number of nitrogen functional groups attached to an aromatic ring is 1. The number of nitrogens with two attached hydrogens (primary N) is 1. The third-order valence-electron chi connectivity index (χ3n) is 9.02. The predicted molar refractivity (Wildman–Crippen MR) is 158 cm³/mol. The van der Waals surface area contributed by atoms with Gasteiger partial charge in [0.1, 0.15) is 0 Å². The van der Waals surface area contributed by atoms with Crippen LogP contribution in [0.3, 0.4) is 0 Å². The number of nitrogens with one attached hydrogen (secondary N) is 1. The zero-order valence-corrected chi connectivity index (χ0v) is 23.7. The van der Waals surface area contributed by atoms with Gasteiger partial charge in [-0.05, 0) is 95.0 Å². The fourth-order valence-electron chi connectivity index (χ4n) is 7.01. The molecule has 0 bridgehead atoms. The molecule has 3 aromatic carbocycles. The molecule has 3 aromatic rings. The van der Waals surface area contributed by atoms with Crippen LogP contribution in [-0.2, 0) is 25.8 Å². The number of fused-ring (bicyclic) bond motifs is 2. The maximum absolute atomic E-state index is 6.50. The Morgan fingerprint density at radius 3 is 2.54 bits per heavy atom. The van der Waals surface area contributed by atoms with Crippen LogP contribution in [-0.4, -0.2) is 18.5 Å². The van der Waals surface area contributed by atoms with Crippen molar-refractivity contribution in [3.05, 3.63) is 93.0 Å². The first-order chi connectivity index (χ1) is 17.7. The Hall–Kier alpha value is -2.78. The minimum atomic E-state index is 0.259. The first kappa shape index (κ1) is 25.9. The van der Waals surface area contributed by atoms with E-state index in [4.69, 9.17) is 5.73 Å². The molecule has 0 fully saturated rings. The van der Waals surface area contributed by atoms with E-state index >= 15 is 0 Å². The first-order valence-corrected chi connectivity index (χ1v) is 14.3. The van der Waals surface area contributed by atoms with Crippen LogP contribution in [0.25, 0.3) is 0 Å². The topological polar surface area (TPSA) is 41.3 Å². The average Bonchev–Trinajstić information content (AvgIpc) is 3.24. The molecule has 0 radical (unpaired) electrons. The second-order valence-electron chi connectivity index (χ2n) is 12.2. The summed E-state index contributed by atoms with van der Waals surface area (Å²) in [5, 5.41) is 3.23. The second-order valence-corrected chi connectivity index (χ2v) is 12.2. The summed E-state index contributed by atoms with van der Waals surface area (Å²) in [6, 6.07) is 19.5. The largest absolute Gasteiger partial charge is 0.397 e. The van der Waals surface area contributed by atoms with Gasteiger partial charge in [0, 0.05) is 32.1 Å². The highest BCUT2D eigenvalue weighted by molar-refractivity contribution is 5.72. The molecule has 0 saturated carbocycles. The summed E-state index contributed by atoms with van der Waals surface area (Å²) in [5.41, 5.74) is 20.3. The fraction of sp³-hybridized carbons (Fsp3) is 0.471. The molecule has 5 rings (SSSR count). The number of hydrogen-bond acceptors (Lipinski definition) is 3. The van der Waals surface area contributed by atoms with Crippen LogP contribution in [0, 0.1) is 12.3 Å². The minimum Gasteiger partial charge on any atom is -0.397 e. The summed E-state index contributed by atoms with van der Waals surface area (Å²) in [7, 11) is 1.94. The molecule has 0 aromatic heterocycles. The zero-order valence-electron chi connectivity index (χ0n) is 23.7. The number of benzene rings is 3. The predicted octanol–water partition coefficient (Wildman–Crippen LogP) is 7.80. The normalized spacial score (nSPS) is 19.7. The van der Waals surface area contributed by atoms with Crippen LogP contribution in [0.4, 0.5) is 11.4 Å². The Morgan fingerprint density at radius 1 is 1.03 bits per heavy atom. The summed E-state index contributed by atoms with van der Waals surface area (Å²) >= 11 is 0. The van der Waals surface area contributed by atoms with E-state index in [1.165, 1.54) is 46.2 Å². The summed E-state index contributed by atoms with van der Waals surface area (Å²) in [6.07, 6.45) is 5.72. The molecular formula is C34H45N3. The Bertz CT molecular complexity index is 1290. The van der Waals surface area contributed by atoms with Crippen molar-refractivity contribution >= 4 is 11.4 Å². The number of nitrogens with zero attached hydrogens (tertiary/aromatic N) is 1. The number of hydrogen-bond donors (Lipinski definition) is 2. The van der Waals surface area contributed by atoms with Gasteiger partial charge < -0.3 is 11.1 Å². The molecule has 3 N–H and O–H groups in total. The van der Waals surface area contributed by atoms with Gasteiger partial charge in [0.2, 0.25) is 0 Å². The van der Waals surface area contributed by atoms with Crippen molar-refractivity contribution in [3.63, 3.8) is 0 Å². The first-order valence-electron chi connectivity index (χ1n) is 14.3. The van der Waals surface area contributed by atoms with E-state index in [9.17, 15) is 0 Å². The molecular weight excluding hydrogens is 450 g/mol. The molecule has 1 heterocycles. The van der Waals surface area contributed by atoms with E-state index in [1.807, 2.05) is 7.05 Å². The number of anilines is 2. The Kier molecular flexibility index (Phi) is 7.11. The van der Waals surface area contributed by atoms with E-state index in [2.05, 4.69) is 93.4 Å². The highest BCUT2D eigenvalue weighted by atomic mass is 15.2. The van der Waals surface area contributed by atoms with E-state index in [0.29, 0.717) is 12.0 Å². The quantitative estimate of drug-likeness (QED) is 0.343. The fourth-order valence-corrected chi connectivity index (χ4v) is 7.01. The Balaban J connectivity index is 1.50. The summed E-state index contributed by atoms with van der Waals surface area (Å²) < 4.78 is 0. The third kappa shape index (κ3) is 4.91. The number of rotatable bonds is 6. The van der Waals surface area contributed by atoms with Gasteiger partial charge in [-0.2, -0.15) is 0 Å². The van der Waals surface area contributed by atoms with Gasteiger partial charge in [-0.15, -0.1) is 0 Å². The van der Waals surface area contributed by atoms with E-state index < -0.39 is 0 Å². The maximum atomic E-state index is 6.50. The molecule has 2 aliphatic rings. The standard InChI is InChI=1S/C34H45N3/c1-7-23-9-10-26-19-34(4,5)21-37(20-27(26)17-23)32-16-13-24-11-12-25(18-30(24)32)28(8-2)29-14-15-31(36-6)33(35)22(29)3/h9-12,14-15,17-18,28,32,36H,7-8,13,16,19-21,35H2,1-6H3. The van der Waals surface area contributed by atoms with Gasteiger partial charge in [-0.1, -0.05) is 70.2 Å². The smallest absolute Gasteiger partial charge is 0.0582 e. The lowest BCUT2D eigenvalue weighted by atomic mass is 9.84. The lowest BCUT2D eigenvalue weighted by Crippen LogP contribution is -2.35. The van der Waals surface area contributed by atoms with Crippen LogP contribution in [0.15, 0.2) is 48.5 Å². The van der Waals surface area contributed by atoms with Crippen LogP contribution < -0.4 is 11.1 Å². The van der Waals surface area contributed by atoms with E-state index in [0.717, 1.165) is 43.7 Å². The lowest BCUT2D eigenvalue weighted by Gasteiger charge is -2.34. The molecule has 1 aliphatic carbocycles. The van der Waals surface area contributed by atoms with Gasteiger partial charge in [-0.25, -0.2) is 0 Å². The van der Waals surface area contributed by atoms with Crippen molar-refractivity contribution in [2.45, 2.75) is 85.2 Å². The molecule has 2 atom stereocenters. The molecule has 1 aliphatic heterocycles. The number of aryl methyl sites for hydroxylation is 2. The SMILES string of the molecule is CCc1ccc2c(c1)CN(C1CCc3ccc(C(CC)c4ccc(NC)c(N)c4C)cc31)CC(C)(C)C2. The Morgan fingerprint density at radius 2 is 1.81 bits per heavy atom. The molecule has 3 heteroatoms. The average molecular weight is 496 g/mol. The molecule has 37 heavy (non-hydrogen) atoms. The summed E-state index contributed by atoms with van der Waals surface area (Å²) in [6.45, 7) is 13.8. The summed E-state index contributed by atoms with van der Waals surface area (Å²) in [4.78, 5) is 2.80. The molecule has 3 nitrogen and oxygen atoms in total. The van der Waals surface area contributed by atoms with Crippen LogP contribution in [0.2, 0.25) is 0 Å². The molecule has 0 amide bonds. The van der Waals surface area contributed by atoms with Crippen LogP contribution in [0.5, 0.6) is 0 Å². The minimum absolute atomic E-state index is 0.259. The van der Waals surface area contributed by atoms with Gasteiger partial charge >= 0.3 is 0 Å². The monoisotopic (exact) mass is 495 g/mol. The molecule has 196 valence electrons. The second kappa shape index (κ2) is 10.2. The van der Waals surface area contributed by atoms with Gasteiger partial charge in [-0.3, -0.25) is 4.90 Å². The van der Waals surface area contributed by atoms with Gasteiger partial charge in [0.25, 0.3) is 0 Å². The van der Waals surface area contributed by atoms with Crippen molar-refractivity contribution in [1.82, 2.24) is 4.90 Å². The van der Waals surface area contributed by atoms with Crippen molar-refractivity contribution in [1.29, 1.82) is 0 Å². The van der Waals surface area contributed by atoms with Crippen LogP contribution >= 0.6 is 0 Å².